The van der Waals surface area contributed by atoms with Gasteiger partial charge in [0.1, 0.15) is 11.5 Å². The van der Waals surface area contributed by atoms with Gasteiger partial charge in [-0.25, -0.2) is 4.79 Å². The average Bonchev–Trinajstić information content (AvgIpc) is 2.64. The molecule has 1 aliphatic heterocycles. The maximum atomic E-state index is 11.3. The molecule has 0 saturated heterocycles. The molecule has 15 heavy (non-hydrogen) atoms. The van der Waals surface area contributed by atoms with Crippen molar-refractivity contribution in [1.29, 1.82) is 0 Å². The molecule has 1 amide bonds. The summed E-state index contributed by atoms with van der Waals surface area (Å²) in [6.45, 7) is 0.709. The van der Waals surface area contributed by atoms with Crippen LogP contribution < -0.4 is 9.47 Å². The summed E-state index contributed by atoms with van der Waals surface area (Å²) in [4.78, 5) is 12.7. The molecule has 0 radical (unpaired) electrons. The first kappa shape index (κ1) is 9.83. The summed E-state index contributed by atoms with van der Waals surface area (Å²) in [5, 5.41) is 0. The van der Waals surface area contributed by atoms with Gasteiger partial charge in [-0.2, -0.15) is 0 Å². The molecule has 4 heteroatoms. The van der Waals surface area contributed by atoms with Crippen LogP contribution in [0.25, 0.3) is 0 Å². The number of rotatable bonds is 1. The lowest BCUT2D eigenvalue weighted by atomic mass is 10.2. The second kappa shape index (κ2) is 3.81. The molecule has 0 aromatic heterocycles. The summed E-state index contributed by atoms with van der Waals surface area (Å²) in [5.74, 6) is 1.34. The SMILES string of the molecule is CN(C)C(=O)Oc1ccc2c(c1)OCC2. The van der Waals surface area contributed by atoms with E-state index in [-0.39, 0.29) is 6.09 Å². The number of nitrogens with zero attached hydrogens (tertiary/aromatic N) is 1. The van der Waals surface area contributed by atoms with E-state index in [1.807, 2.05) is 6.07 Å². The maximum absolute atomic E-state index is 11.3. The fraction of sp³-hybridized carbons (Fsp3) is 0.364. The van der Waals surface area contributed by atoms with E-state index in [0.717, 1.165) is 12.2 Å². The number of carbonyl (C=O) groups is 1. The zero-order valence-corrected chi connectivity index (χ0v) is 8.82. The Kier molecular flexibility index (Phi) is 2.49. The average molecular weight is 207 g/mol. The maximum Gasteiger partial charge on any atom is 0.414 e. The third-order valence-electron chi connectivity index (χ3n) is 2.24. The lowest BCUT2D eigenvalue weighted by Crippen LogP contribution is -2.25. The van der Waals surface area contributed by atoms with Crippen LogP contribution >= 0.6 is 0 Å². The Hall–Kier alpha value is -1.71. The molecule has 4 nitrogen and oxygen atoms in total. The molecule has 0 fully saturated rings. The van der Waals surface area contributed by atoms with Gasteiger partial charge in [0, 0.05) is 26.6 Å². The Bertz CT molecular complexity index is 387. The molecule has 80 valence electrons. The standard InChI is InChI=1S/C11H13NO3/c1-12(2)11(13)15-9-4-3-8-5-6-14-10(8)7-9/h3-4,7H,5-6H2,1-2H3. The highest BCUT2D eigenvalue weighted by Gasteiger charge is 2.14. The molecule has 0 spiro atoms. The van der Waals surface area contributed by atoms with Crippen molar-refractivity contribution in [1.82, 2.24) is 4.90 Å². The van der Waals surface area contributed by atoms with E-state index in [1.165, 1.54) is 10.5 Å². The largest absolute Gasteiger partial charge is 0.493 e. The van der Waals surface area contributed by atoms with Crippen LogP contribution in [-0.2, 0) is 6.42 Å². The van der Waals surface area contributed by atoms with Crippen molar-refractivity contribution in [3.8, 4) is 11.5 Å². The zero-order valence-electron chi connectivity index (χ0n) is 8.82. The normalized spacial score (nSPS) is 12.9. The number of ether oxygens (including phenoxy) is 2. The second-order valence-corrected chi connectivity index (χ2v) is 3.63. The fourth-order valence-corrected chi connectivity index (χ4v) is 1.40. The van der Waals surface area contributed by atoms with Crippen molar-refractivity contribution in [3.63, 3.8) is 0 Å². The van der Waals surface area contributed by atoms with Crippen LogP contribution in [0.15, 0.2) is 18.2 Å². The summed E-state index contributed by atoms with van der Waals surface area (Å²) in [5.41, 5.74) is 1.17. The summed E-state index contributed by atoms with van der Waals surface area (Å²) in [6, 6.07) is 5.47. The minimum atomic E-state index is -0.382. The molecule has 0 aliphatic carbocycles. The first-order valence-corrected chi connectivity index (χ1v) is 4.81. The molecular weight excluding hydrogens is 194 g/mol. The van der Waals surface area contributed by atoms with Gasteiger partial charge in [-0.3, -0.25) is 0 Å². The molecule has 0 bridgehead atoms. The number of hydrogen-bond acceptors (Lipinski definition) is 3. The summed E-state index contributed by atoms with van der Waals surface area (Å²) in [7, 11) is 3.29. The van der Waals surface area contributed by atoms with Crippen molar-refractivity contribution >= 4 is 6.09 Å². The molecule has 1 heterocycles. The van der Waals surface area contributed by atoms with Gasteiger partial charge in [0.15, 0.2) is 0 Å². The van der Waals surface area contributed by atoms with Gasteiger partial charge < -0.3 is 14.4 Å². The van der Waals surface area contributed by atoms with Crippen molar-refractivity contribution in [2.45, 2.75) is 6.42 Å². The van der Waals surface area contributed by atoms with E-state index < -0.39 is 0 Å². The number of fused-ring (bicyclic) bond motifs is 1. The van der Waals surface area contributed by atoms with Gasteiger partial charge in [-0.15, -0.1) is 0 Å². The van der Waals surface area contributed by atoms with E-state index in [9.17, 15) is 4.79 Å². The third kappa shape index (κ3) is 2.03. The monoisotopic (exact) mass is 207 g/mol. The quantitative estimate of drug-likeness (QED) is 0.703. The molecule has 2 rings (SSSR count). The smallest absolute Gasteiger partial charge is 0.414 e. The van der Waals surface area contributed by atoms with Crippen LogP contribution in [-0.4, -0.2) is 31.7 Å². The molecule has 1 aromatic carbocycles. The third-order valence-corrected chi connectivity index (χ3v) is 2.24. The molecule has 0 saturated carbocycles. The Morgan fingerprint density at radius 3 is 3.00 bits per heavy atom. The van der Waals surface area contributed by atoms with Crippen molar-refractivity contribution in [3.05, 3.63) is 23.8 Å². The molecule has 1 aromatic rings. The van der Waals surface area contributed by atoms with E-state index in [1.54, 1.807) is 26.2 Å². The highest BCUT2D eigenvalue weighted by molar-refractivity contribution is 5.70. The Balaban J connectivity index is 2.13. The molecule has 1 aliphatic rings. The highest BCUT2D eigenvalue weighted by Crippen LogP contribution is 2.29. The first-order valence-electron chi connectivity index (χ1n) is 4.81. The van der Waals surface area contributed by atoms with E-state index in [0.29, 0.717) is 12.4 Å². The van der Waals surface area contributed by atoms with Crippen LogP contribution in [0.1, 0.15) is 5.56 Å². The number of carbonyl (C=O) groups excluding carboxylic acids is 1. The van der Waals surface area contributed by atoms with Crippen molar-refractivity contribution in [2.24, 2.45) is 0 Å². The zero-order chi connectivity index (χ0) is 10.8. The summed E-state index contributed by atoms with van der Waals surface area (Å²) in [6.07, 6.45) is 0.546. The Morgan fingerprint density at radius 1 is 1.47 bits per heavy atom. The lowest BCUT2D eigenvalue weighted by molar-refractivity contribution is 0.172. The van der Waals surface area contributed by atoms with E-state index in [4.69, 9.17) is 9.47 Å². The lowest BCUT2D eigenvalue weighted by Gasteiger charge is -2.11. The minimum absolute atomic E-state index is 0.382. The highest BCUT2D eigenvalue weighted by atomic mass is 16.6. The Labute approximate surface area is 88.4 Å². The second-order valence-electron chi connectivity index (χ2n) is 3.63. The molecular formula is C11H13NO3. The van der Waals surface area contributed by atoms with Crippen LogP contribution in [0.4, 0.5) is 4.79 Å². The first-order chi connectivity index (χ1) is 7.16. The topological polar surface area (TPSA) is 38.8 Å². The van der Waals surface area contributed by atoms with Crippen LogP contribution in [0.3, 0.4) is 0 Å². The van der Waals surface area contributed by atoms with Crippen molar-refractivity contribution < 1.29 is 14.3 Å². The fourth-order valence-electron chi connectivity index (χ4n) is 1.40. The van der Waals surface area contributed by atoms with E-state index in [2.05, 4.69) is 0 Å². The minimum Gasteiger partial charge on any atom is -0.493 e. The van der Waals surface area contributed by atoms with Crippen LogP contribution in [0, 0.1) is 0 Å². The van der Waals surface area contributed by atoms with Gasteiger partial charge in [0.25, 0.3) is 0 Å². The van der Waals surface area contributed by atoms with Gasteiger partial charge in [-0.05, 0) is 11.6 Å². The van der Waals surface area contributed by atoms with Crippen LogP contribution in [0.2, 0.25) is 0 Å². The summed E-state index contributed by atoms with van der Waals surface area (Å²) < 4.78 is 10.5. The Morgan fingerprint density at radius 2 is 2.27 bits per heavy atom. The molecule has 0 N–H and O–H groups in total. The predicted octanol–water partition coefficient (Wildman–Crippen LogP) is 1.68. The van der Waals surface area contributed by atoms with Gasteiger partial charge >= 0.3 is 6.09 Å². The van der Waals surface area contributed by atoms with Gasteiger partial charge in [0.2, 0.25) is 0 Å². The van der Waals surface area contributed by atoms with Crippen molar-refractivity contribution in [2.75, 3.05) is 20.7 Å². The molecule has 0 unspecified atom stereocenters. The predicted molar refractivity (Wildman–Crippen MR) is 55.4 cm³/mol. The summed E-state index contributed by atoms with van der Waals surface area (Å²) >= 11 is 0. The van der Waals surface area contributed by atoms with Gasteiger partial charge in [-0.1, -0.05) is 6.07 Å². The van der Waals surface area contributed by atoms with Crippen LogP contribution in [0.5, 0.6) is 11.5 Å². The number of amides is 1. The van der Waals surface area contributed by atoms with Gasteiger partial charge in [0.05, 0.1) is 6.61 Å². The van der Waals surface area contributed by atoms with E-state index >= 15 is 0 Å². The molecule has 0 atom stereocenters. The number of benzene rings is 1. The number of hydrogen-bond donors (Lipinski definition) is 0.